The Morgan fingerprint density at radius 2 is 1.61 bits per heavy atom. The first kappa shape index (κ1) is 17.4. The number of fused-ring (bicyclic) bond motifs is 1. The highest BCUT2D eigenvalue weighted by molar-refractivity contribution is 5.94. The third-order valence-corrected chi connectivity index (χ3v) is 4.19. The number of nitrogens with zero attached hydrogens (tertiary/aromatic N) is 3. The van der Waals surface area contributed by atoms with Gasteiger partial charge in [-0.15, -0.1) is 0 Å². The molecule has 0 aliphatic rings. The van der Waals surface area contributed by atoms with E-state index in [4.69, 9.17) is 9.47 Å². The second kappa shape index (κ2) is 7.32. The van der Waals surface area contributed by atoms with Crippen LogP contribution in [0.5, 0.6) is 17.5 Å². The van der Waals surface area contributed by atoms with Gasteiger partial charge in [0.05, 0.1) is 23.2 Å². The Bertz CT molecular complexity index is 1150. The van der Waals surface area contributed by atoms with Gasteiger partial charge in [-0.2, -0.15) is 9.97 Å². The number of nitro groups is 1. The standard InChI is InChI=1S/C21H15N3O4/c1-27-16-8-10-17(11-9-16)28-21-22-19-12-7-15(24(25)26)13-18(19)20(23-21)14-5-3-2-4-6-14/h2-13H,1H3. The lowest BCUT2D eigenvalue weighted by atomic mass is 10.1. The molecule has 3 aromatic carbocycles. The Labute approximate surface area is 160 Å². The van der Waals surface area contributed by atoms with Gasteiger partial charge < -0.3 is 9.47 Å². The quantitative estimate of drug-likeness (QED) is 0.361. The van der Waals surface area contributed by atoms with E-state index >= 15 is 0 Å². The molecule has 138 valence electrons. The van der Waals surface area contributed by atoms with E-state index in [1.165, 1.54) is 12.1 Å². The van der Waals surface area contributed by atoms with Crippen LogP contribution in [0, 0.1) is 10.1 Å². The van der Waals surface area contributed by atoms with Gasteiger partial charge in [-0.1, -0.05) is 30.3 Å². The minimum atomic E-state index is -0.435. The monoisotopic (exact) mass is 373 g/mol. The van der Waals surface area contributed by atoms with E-state index in [-0.39, 0.29) is 11.7 Å². The van der Waals surface area contributed by atoms with Gasteiger partial charge in [0, 0.05) is 23.1 Å². The van der Waals surface area contributed by atoms with E-state index in [0.29, 0.717) is 28.1 Å². The molecule has 1 aromatic heterocycles. The Morgan fingerprint density at radius 1 is 0.893 bits per heavy atom. The van der Waals surface area contributed by atoms with Gasteiger partial charge in [-0.05, 0) is 30.3 Å². The van der Waals surface area contributed by atoms with Crippen molar-refractivity contribution in [2.24, 2.45) is 0 Å². The van der Waals surface area contributed by atoms with Gasteiger partial charge in [-0.25, -0.2) is 0 Å². The molecule has 0 aliphatic heterocycles. The molecule has 0 saturated carbocycles. The van der Waals surface area contributed by atoms with Crippen LogP contribution < -0.4 is 9.47 Å². The summed E-state index contributed by atoms with van der Waals surface area (Å²) in [6.45, 7) is 0. The molecule has 0 spiro atoms. The first-order chi connectivity index (χ1) is 13.6. The van der Waals surface area contributed by atoms with Crippen molar-refractivity contribution >= 4 is 16.6 Å². The molecule has 0 fully saturated rings. The summed E-state index contributed by atoms with van der Waals surface area (Å²) >= 11 is 0. The lowest BCUT2D eigenvalue weighted by Gasteiger charge is -2.10. The maximum Gasteiger partial charge on any atom is 0.323 e. The van der Waals surface area contributed by atoms with Crippen molar-refractivity contribution in [3.63, 3.8) is 0 Å². The van der Waals surface area contributed by atoms with E-state index in [1.54, 1.807) is 37.4 Å². The van der Waals surface area contributed by atoms with Gasteiger partial charge in [0.15, 0.2) is 0 Å². The number of ether oxygens (including phenoxy) is 2. The molecule has 7 heteroatoms. The van der Waals surface area contributed by atoms with Crippen LogP contribution in [0.3, 0.4) is 0 Å². The fraction of sp³-hybridized carbons (Fsp3) is 0.0476. The molecule has 4 rings (SSSR count). The van der Waals surface area contributed by atoms with E-state index in [1.807, 2.05) is 30.3 Å². The van der Waals surface area contributed by atoms with Crippen LogP contribution in [0.1, 0.15) is 0 Å². The minimum absolute atomic E-state index is 0.0166. The summed E-state index contributed by atoms with van der Waals surface area (Å²) in [7, 11) is 1.59. The number of methoxy groups -OCH3 is 1. The van der Waals surface area contributed by atoms with E-state index in [2.05, 4.69) is 9.97 Å². The number of nitro benzene ring substituents is 1. The van der Waals surface area contributed by atoms with Crippen molar-refractivity contribution < 1.29 is 14.4 Å². The third kappa shape index (κ3) is 3.45. The normalized spacial score (nSPS) is 10.6. The molecular formula is C21H15N3O4. The second-order valence-electron chi connectivity index (χ2n) is 5.96. The molecule has 1 heterocycles. The van der Waals surface area contributed by atoms with Crippen molar-refractivity contribution in [3.8, 4) is 28.8 Å². The number of benzene rings is 3. The van der Waals surface area contributed by atoms with Gasteiger partial charge in [0.1, 0.15) is 11.5 Å². The average molecular weight is 373 g/mol. The van der Waals surface area contributed by atoms with Gasteiger partial charge in [-0.3, -0.25) is 10.1 Å². The van der Waals surface area contributed by atoms with Crippen molar-refractivity contribution in [2.75, 3.05) is 7.11 Å². The number of non-ortho nitro benzene ring substituents is 1. The lowest BCUT2D eigenvalue weighted by molar-refractivity contribution is -0.384. The summed E-state index contributed by atoms with van der Waals surface area (Å²) < 4.78 is 11.0. The Morgan fingerprint density at radius 3 is 2.29 bits per heavy atom. The zero-order valence-corrected chi connectivity index (χ0v) is 14.9. The molecule has 0 N–H and O–H groups in total. The smallest absolute Gasteiger partial charge is 0.323 e. The highest BCUT2D eigenvalue weighted by Crippen LogP contribution is 2.32. The highest BCUT2D eigenvalue weighted by Gasteiger charge is 2.15. The zero-order chi connectivity index (χ0) is 19.5. The molecule has 4 aromatic rings. The molecule has 0 unspecified atom stereocenters. The van der Waals surface area contributed by atoms with E-state index in [0.717, 1.165) is 5.56 Å². The van der Waals surface area contributed by atoms with Crippen molar-refractivity contribution in [2.45, 2.75) is 0 Å². The van der Waals surface area contributed by atoms with Crippen LogP contribution in [0.4, 0.5) is 5.69 Å². The topological polar surface area (TPSA) is 87.4 Å². The molecule has 0 radical (unpaired) electrons. The van der Waals surface area contributed by atoms with Gasteiger partial charge in [0.25, 0.3) is 5.69 Å². The van der Waals surface area contributed by atoms with Crippen LogP contribution in [-0.4, -0.2) is 22.0 Å². The fourth-order valence-corrected chi connectivity index (χ4v) is 2.82. The minimum Gasteiger partial charge on any atom is -0.497 e. The average Bonchev–Trinajstić information content (AvgIpc) is 2.74. The third-order valence-electron chi connectivity index (χ3n) is 4.19. The number of hydrogen-bond acceptors (Lipinski definition) is 6. The second-order valence-corrected chi connectivity index (χ2v) is 5.96. The van der Waals surface area contributed by atoms with Crippen LogP contribution in [0.25, 0.3) is 22.2 Å². The highest BCUT2D eigenvalue weighted by atomic mass is 16.6. The van der Waals surface area contributed by atoms with Crippen molar-refractivity contribution in [1.82, 2.24) is 9.97 Å². The van der Waals surface area contributed by atoms with Crippen molar-refractivity contribution in [1.29, 1.82) is 0 Å². The molecular weight excluding hydrogens is 358 g/mol. The van der Waals surface area contributed by atoms with E-state index < -0.39 is 4.92 Å². The summed E-state index contributed by atoms with van der Waals surface area (Å²) in [5, 5.41) is 11.8. The number of aromatic nitrogens is 2. The molecule has 7 nitrogen and oxygen atoms in total. The molecule has 0 atom stereocenters. The maximum absolute atomic E-state index is 11.2. The van der Waals surface area contributed by atoms with Gasteiger partial charge >= 0.3 is 6.01 Å². The molecule has 0 bridgehead atoms. The summed E-state index contributed by atoms with van der Waals surface area (Å²) in [6, 6.07) is 21.1. The summed E-state index contributed by atoms with van der Waals surface area (Å²) in [4.78, 5) is 19.7. The number of hydrogen-bond donors (Lipinski definition) is 0. The molecule has 0 aliphatic carbocycles. The Kier molecular flexibility index (Phi) is 4.55. The predicted molar refractivity (Wildman–Crippen MR) is 105 cm³/mol. The van der Waals surface area contributed by atoms with Crippen molar-refractivity contribution in [3.05, 3.63) is 82.9 Å². The first-order valence-corrected chi connectivity index (χ1v) is 8.47. The first-order valence-electron chi connectivity index (χ1n) is 8.47. The Balaban J connectivity index is 1.84. The molecule has 0 saturated heterocycles. The largest absolute Gasteiger partial charge is 0.497 e. The van der Waals surface area contributed by atoms with Gasteiger partial charge in [0.2, 0.25) is 0 Å². The summed E-state index contributed by atoms with van der Waals surface area (Å²) in [5.41, 5.74) is 1.92. The fourth-order valence-electron chi connectivity index (χ4n) is 2.82. The number of rotatable bonds is 5. The molecule has 0 amide bonds. The summed E-state index contributed by atoms with van der Waals surface area (Å²) in [6.07, 6.45) is 0. The zero-order valence-electron chi connectivity index (χ0n) is 14.9. The van der Waals surface area contributed by atoms with E-state index in [9.17, 15) is 10.1 Å². The van der Waals surface area contributed by atoms with Crippen LogP contribution in [0.15, 0.2) is 72.8 Å². The SMILES string of the molecule is COc1ccc(Oc2nc(-c3ccccc3)c3cc([N+](=O)[O-])ccc3n2)cc1. The Hall–Kier alpha value is -4.00. The maximum atomic E-state index is 11.2. The summed E-state index contributed by atoms with van der Waals surface area (Å²) in [5.74, 6) is 1.27. The molecule has 28 heavy (non-hydrogen) atoms. The van der Waals surface area contributed by atoms with Crippen LogP contribution in [0.2, 0.25) is 0 Å². The lowest BCUT2D eigenvalue weighted by Crippen LogP contribution is -1.97. The van der Waals surface area contributed by atoms with Crippen LogP contribution in [-0.2, 0) is 0 Å². The predicted octanol–water partition coefficient (Wildman–Crippen LogP) is 5.01. The van der Waals surface area contributed by atoms with Crippen LogP contribution >= 0.6 is 0 Å².